The van der Waals surface area contributed by atoms with E-state index in [9.17, 15) is 4.79 Å². The van der Waals surface area contributed by atoms with Crippen LogP contribution in [0.1, 0.15) is 110 Å². The van der Waals surface area contributed by atoms with Gasteiger partial charge in [-0.05, 0) is 19.4 Å². The topological polar surface area (TPSA) is 38.8 Å². The minimum absolute atomic E-state index is 0.0220. The van der Waals surface area contributed by atoms with Crippen molar-refractivity contribution in [1.82, 2.24) is 4.90 Å². The van der Waals surface area contributed by atoms with Gasteiger partial charge in [0.2, 0.25) is 0 Å². The Morgan fingerprint density at radius 2 is 1.33 bits per heavy atom. The number of hydrogen-bond acceptors (Lipinski definition) is 4. The number of rotatable bonds is 17. The zero-order chi connectivity index (χ0) is 19.6. The maximum atomic E-state index is 11.7. The number of nitrogens with zero attached hydrogens (tertiary/aromatic N) is 1. The fourth-order valence-corrected chi connectivity index (χ4v) is 3.80. The van der Waals surface area contributed by atoms with Crippen LogP contribution in [0.15, 0.2) is 0 Å². The Hall–Kier alpha value is -0.770. The van der Waals surface area contributed by atoms with E-state index in [-0.39, 0.29) is 6.10 Å². The fraction of sp³-hybridized carbons (Fsp3) is 0.957. The highest BCUT2D eigenvalue weighted by atomic mass is 16.7. The molecule has 0 aromatic heterocycles. The molecule has 1 unspecified atom stereocenters. The van der Waals surface area contributed by atoms with Gasteiger partial charge in [-0.3, -0.25) is 4.90 Å². The summed E-state index contributed by atoms with van der Waals surface area (Å²) >= 11 is 0. The van der Waals surface area contributed by atoms with Gasteiger partial charge in [-0.2, -0.15) is 0 Å². The van der Waals surface area contributed by atoms with Crippen molar-refractivity contribution >= 4 is 6.16 Å². The molecule has 1 atom stereocenters. The second-order valence-electron chi connectivity index (χ2n) is 8.12. The minimum Gasteiger partial charge on any atom is -0.434 e. The minimum atomic E-state index is -0.479. The Bertz CT molecular complexity index is 349. The molecule has 27 heavy (non-hydrogen) atoms. The molecular formula is C23H45NO3. The van der Waals surface area contributed by atoms with Crippen LogP contribution in [-0.4, -0.2) is 43.4 Å². The molecule has 0 amide bonds. The van der Waals surface area contributed by atoms with E-state index in [2.05, 4.69) is 18.7 Å². The molecule has 1 aliphatic rings. The van der Waals surface area contributed by atoms with E-state index in [1.165, 1.54) is 77.0 Å². The van der Waals surface area contributed by atoms with Crippen LogP contribution < -0.4 is 0 Å². The van der Waals surface area contributed by atoms with Crippen molar-refractivity contribution in [3.63, 3.8) is 0 Å². The largest absolute Gasteiger partial charge is 0.508 e. The van der Waals surface area contributed by atoms with E-state index in [1.807, 2.05) is 0 Å². The third-order valence-electron chi connectivity index (χ3n) is 5.66. The van der Waals surface area contributed by atoms with Gasteiger partial charge < -0.3 is 9.47 Å². The Morgan fingerprint density at radius 1 is 0.815 bits per heavy atom. The number of likely N-dealkylation sites (tertiary alicyclic amines) is 1. The molecule has 1 aliphatic heterocycles. The highest BCUT2D eigenvalue weighted by Crippen LogP contribution is 2.14. The van der Waals surface area contributed by atoms with Gasteiger partial charge in [-0.1, -0.05) is 97.3 Å². The molecule has 0 radical (unpaired) electrons. The van der Waals surface area contributed by atoms with Crippen molar-refractivity contribution in [3.8, 4) is 0 Å². The Kier molecular flexibility index (Phi) is 15.6. The van der Waals surface area contributed by atoms with Crippen molar-refractivity contribution in [2.75, 3.05) is 26.2 Å². The molecule has 1 rings (SSSR count). The fourth-order valence-electron chi connectivity index (χ4n) is 3.80. The number of carbonyl (C=O) groups is 1. The van der Waals surface area contributed by atoms with Crippen LogP contribution in [0.25, 0.3) is 0 Å². The lowest BCUT2D eigenvalue weighted by molar-refractivity contribution is 0.0257. The number of carbonyl (C=O) groups excluding carboxylic acids is 1. The lowest BCUT2D eigenvalue weighted by atomic mass is 10.0. The molecule has 0 bridgehead atoms. The first-order valence-electron chi connectivity index (χ1n) is 11.8. The predicted molar refractivity (Wildman–Crippen MR) is 113 cm³/mol. The molecule has 0 aromatic rings. The Labute approximate surface area is 168 Å². The van der Waals surface area contributed by atoms with Gasteiger partial charge in [-0.15, -0.1) is 0 Å². The number of hydrogen-bond donors (Lipinski definition) is 0. The highest BCUT2D eigenvalue weighted by Gasteiger charge is 2.24. The third kappa shape index (κ3) is 14.0. The van der Waals surface area contributed by atoms with Crippen molar-refractivity contribution in [2.24, 2.45) is 0 Å². The molecule has 0 aromatic carbocycles. The van der Waals surface area contributed by atoms with Gasteiger partial charge >= 0.3 is 6.16 Å². The maximum Gasteiger partial charge on any atom is 0.508 e. The number of likely N-dealkylation sites (N-methyl/N-ethyl adjacent to an activating group) is 1. The summed E-state index contributed by atoms with van der Waals surface area (Å²) in [5.74, 6) is 0. The number of unbranched alkanes of at least 4 members (excludes halogenated alkanes) is 13. The molecule has 1 heterocycles. The molecule has 4 heteroatoms. The molecule has 160 valence electrons. The average molecular weight is 384 g/mol. The summed E-state index contributed by atoms with van der Waals surface area (Å²) in [4.78, 5) is 14.0. The summed E-state index contributed by atoms with van der Waals surface area (Å²) in [5.41, 5.74) is 0. The monoisotopic (exact) mass is 383 g/mol. The van der Waals surface area contributed by atoms with E-state index in [4.69, 9.17) is 9.47 Å². The van der Waals surface area contributed by atoms with Crippen LogP contribution in [0.3, 0.4) is 0 Å². The summed E-state index contributed by atoms with van der Waals surface area (Å²) < 4.78 is 10.6. The number of ether oxygens (including phenoxy) is 2. The molecular weight excluding hydrogens is 338 g/mol. The Morgan fingerprint density at radius 3 is 1.81 bits per heavy atom. The second kappa shape index (κ2) is 17.3. The van der Waals surface area contributed by atoms with Crippen LogP contribution in [0.5, 0.6) is 0 Å². The summed E-state index contributed by atoms with van der Waals surface area (Å²) in [6.45, 7) is 7.81. The SMILES string of the molecule is CCCCCCCCCCCCCCCCOC(=O)OC1CCN(CC)C1. The summed E-state index contributed by atoms with van der Waals surface area (Å²) in [6.07, 6.45) is 19.2. The molecule has 0 saturated carbocycles. The second-order valence-corrected chi connectivity index (χ2v) is 8.12. The average Bonchev–Trinajstić information content (AvgIpc) is 3.12. The molecule has 0 N–H and O–H groups in total. The van der Waals surface area contributed by atoms with Crippen LogP contribution in [0.4, 0.5) is 4.79 Å². The third-order valence-corrected chi connectivity index (χ3v) is 5.66. The van der Waals surface area contributed by atoms with Gasteiger partial charge in [0, 0.05) is 13.1 Å². The van der Waals surface area contributed by atoms with Crippen molar-refractivity contribution in [1.29, 1.82) is 0 Å². The lowest BCUT2D eigenvalue weighted by Crippen LogP contribution is -2.25. The zero-order valence-electron chi connectivity index (χ0n) is 18.2. The van der Waals surface area contributed by atoms with Crippen LogP contribution in [0, 0.1) is 0 Å². The van der Waals surface area contributed by atoms with Gasteiger partial charge in [0.1, 0.15) is 6.10 Å². The zero-order valence-corrected chi connectivity index (χ0v) is 18.2. The summed E-state index contributed by atoms with van der Waals surface area (Å²) in [5, 5.41) is 0. The van der Waals surface area contributed by atoms with Crippen molar-refractivity contribution in [3.05, 3.63) is 0 Å². The molecule has 0 aliphatic carbocycles. The Balaban J connectivity index is 1.76. The first kappa shape index (κ1) is 24.3. The van der Waals surface area contributed by atoms with E-state index in [0.717, 1.165) is 38.9 Å². The normalized spacial score (nSPS) is 17.3. The smallest absolute Gasteiger partial charge is 0.434 e. The quantitative estimate of drug-likeness (QED) is 0.206. The van der Waals surface area contributed by atoms with Crippen molar-refractivity contribution < 1.29 is 14.3 Å². The van der Waals surface area contributed by atoms with E-state index in [0.29, 0.717) is 6.61 Å². The lowest BCUT2D eigenvalue weighted by Gasteiger charge is -2.13. The first-order chi connectivity index (χ1) is 13.3. The van der Waals surface area contributed by atoms with E-state index >= 15 is 0 Å². The van der Waals surface area contributed by atoms with Crippen LogP contribution in [0.2, 0.25) is 0 Å². The van der Waals surface area contributed by atoms with Crippen molar-refractivity contribution in [2.45, 2.75) is 116 Å². The van der Waals surface area contributed by atoms with E-state index in [1.54, 1.807) is 0 Å². The molecule has 4 nitrogen and oxygen atoms in total. The molecule has 1 saturated heterocycles. The maximum absolute atomic E-state index is 11.7. The standard InChI is InChI=1S/C23H45NO3/c1-3-5-6-7-8-9-10-11-12-13-14-15-16-17-20-26-23(25)27-22-18-19-24(4-2)21-22/h22H,3-21H2,1-2H3. The molecule has 0 spiro atoms. The van der Waals surface area contributed by atoms with Gasteiger partial charge in [0.05, 0.1) is 6.61 Å². The van der Waals surface area contributed by atoms with Gasteiger partial charge in [0.15, 0.2) is 0 Å². The van der Waals surface area contributed by atoms with Gasteiger partial charge in [0.25, 0.3) is 0 Å². The summed E-state index contributed by atoms with van der Waals surface area (Å²) in [7, 11) is 0. The van der Waals surface area contributed by atoms with Crippen LogP contribution in [-0.2, 0) is 9.47 Å². The predicted octanol–water partition coefficient (Wildman–Crippen LogP) is 6.72. The summed E-state index contributed by atoms with van der Waals surface area (Å²) in [6, 6.07) is 0. The first-order valence-corrected chi connectivity index (χ1v) is 11.8. The van der Waals surface area contributed by atoms with Crippen LogP contribution >= 0.6 is 0 Å². The van der Waals surface area contributed by atoms with E-state index < -0.39 is 6.16 Å². The van der Waals surface area contributed by atoms with Gasteiger partial charge in [-0.25, -0.2) is 4.79 Å². The highest BCUT2D eigenvalue weighted by molar-refractivity contribution is 5.60. The molecule has 1 fully saturated rings.